The maximum Gasteiger partial charge on any atom is 0.310 e. The summed E-state index contributed by atoms with van der Waals surface area (Å²) in [6, 6.07) is 6.20. The molecule has 0 aliphatic carbocycles. The van der Waals surface area contributed by atoms with Gasteiger partial charge in [-0.2, -0.15) is 0 Å². The van der Waals surface area contributed by atoms with Crippen molar-refractivity contribution < 1.29 is 27.8 Å². The van der Waals surface area contributed by atoms with E-state index in [1.54, 1.807) is 19.2 Å². The topological polar surface area (TPSA) is 94.4 Å². The van der Waals surface area contributed by atoms with E-state index in [0.29, 0.717) is 10.9 Å². The fourth-order valence-electron chi connectivity index (χ4n) is 2.74. The molecule has 140 valence electrons. The van der Waals surface area contributed by atoms with Crippen molar-refractivity contribution in [1.29, 1.82) is 0 Å². The van der Waals surface area contributed by atoms with Crippen LogP contribution in [0.3, 0.4) is 0 Å². The Balaban J connectivity index is 2.08. The number of primary amides is 1. The summed E-state index contributed by atoms with van der Waals surface area (Å²) in [5, 5.41) is 0.580. The van der Waals surface area contributed by atoms with Crippen LogP contribution in [0.5, 0.6) is 11.5 Å². The Kier molecular flexibility index (Phi) is 5.07. The number of benzene rings is 2. The predicted molar refractivity (Wildman–Crippen MR) is 93.6 cm³/mol. The van der Waals surface area contributed by atoms with Crippen molar-refractivity contribution >= 4 is 22.8 Å². The molecule has 0 atom stereocenters. The molecule has 1 heterocycles. The van der Waals surface area contributed by atoms with E-state index in [4.69, 9.17) is 15.2 Å². The summed E-state index contributed by atoms with van der Waals surface area (Å²) in [7, 11) is 0. The number of halogens is 2. The van der Waals surface area contributed by atoms with Crippen LogP contribution >= 0.6 is 0 Å². The number of H-pyrrole nitrogens is 1. The lowest BCUT2D eigenvalue weighted by Crippen LogP contribution is -2.13. The lowest BCUT2D eigenvalue weighted by atomic mass is 10.0. The van der Waals surface area contributed by atoms with Crippen LogP contribution < -0.4 is 10.5 Å². The highest BCUT2D eigenvalue weighted by atomic mass is 19.1. The van der Waals surface area contributed by atoms with E-state index in [-0.39, 0.29) is 35.7 Å². The molecule has 3 N–H and O–H groups in total. The minimum Gasteiger partial charge on any atom is -0.466 e. The number of fused-ring (bicyclic) bond motifs is 1. The maximum atomic E-state index is 14.7. The van der Waals surface area contributed by atoms with Gasteiger partial charge in [-0.05, 0) is 31.2 Å². The van der Waals surface area contributed by atoms with E-state index >= 15 is 0 Å². The average molecular weight is 374 g/mol. The fourth-order valence-corrected chi connectivity index (χ4v) is 2.74. The van der Waals surface area contributed by atoms with Gasteiger partial charge in [-0.1, -0.05) is 0 Å². The lowest BCUT2D eigenvalue weighted by molar-refractivity contribution is -0.142. The van der Waals surface area contributed by atoms with Crippen LogP contribution in [0.4, 0.5) is 8.78 Å². The number of aromatic nitrogens is 1. The van der Waals surface area contributed by atoms with Crippen molar-refractivity contribution in [2.75, 3.05) is 6.61 Å². The van der Waals surface area contributed by atoms with E-state index in [1.165, 1.54) is 12.1 Å². The minimum atomic E-state index is -0.980. The summed E-state index contributed by atoms with van der Waals surface area (Å²) < 4.78 is 38.8. The van der Waals surface area contributed by atoms with Crippen molar-refractivity contribution in [3.05, 3.63) is 59.3 Å². The van der Waals surface area contributed by atoms with E-state index in [0.717, 1.165) is 12.1 Å². The molecule has 27 heavy (non-hydrogen) atoms. The summed E-state index contributed by atoms with van der Waals surface area (Å²) >= 11 is 0. The molecule has 0 aliphatic heterocycles. The molecular formula is C19H16F2N2O4. The number of carbonyl (C=O) groups excluding carboxylic acids is 2. The van der Waals surface area contributed by atoms with E-state index in [9.17, 15) is 18.4 Å². The fraction of sp³-hybridized carbons (Fsp3) is 0.158. The van der Waals surface area contributed by atoms with Crippen LogP contribution in [0, 0.1) is 11.6 Å². The second-order valence-corrected chi connectivity index (χ2v) is 5.69. The number of esters is 1. The smallest absolute Gasteiger partial charge is 0.310 e. The predicted octanol–water partition coefficient (Wildman–Crippen LogP) is 3.44. The first-order valence-corrected chi connectivity index (χ1v) is 8.12. The first-order chi connectivity index (χ1) is 12.9. The number of nitrogens with one attached hydrogen (secondary N) is 1. The zero-order chi connectivity index (χ0) is 19.6. The zero-order valence-electron chi connectivity index (χ0n) is 14.3. The molecule has 1 aromatic heterocycles. The van der Waals surface area contributed by atoms with Crippen LogP contribution in [0.25, 0.3) is 10.9 Å². The number of hydrogen-bond donors (Lipinski definition) is 2. The second-order valence-electron chi connectivity index (χ2n) is 5.69. The minimum absolute atomic E-state index is 0.00379. The van der Waals surface area contributed by atoms with Crippen molar-refractivity contribution in [2.45, 2.75) is 13.3 Å². The van der Waals surface area contributed by atoms with Gasteiger partial charge >= 0.3 is 5.97 Å². The highest BCUT2D eigenvalue weighted by molar-refractivity contribution is 5.93. The number of ether oxygens (including phenoxy) is 2. The summed E-state index contributed by atoms with van der Waals surface area (Å²) in [5.74, 6) is -3.28. The highest BCUT2D eigenvalue weighted by Gasteiger charge is 2.20. The summed E-state index contributed by atoms with van der Waals surface area (Å²) in [5.41, 5.74) is 5.49. The third kappa shape index (κ3) is 3.74. The number of hydrogen-bond acceptors (Lipinski definition) is 4. The van der Waals surface area contributed by atoms with Gasteiger partial charge in [0.1, 0.15) is 11.6 Å². The largest absolute Gasteiger partial charge is 0.466 e. The monoisotopic (exact) mass is 374 g/mol. The molecule has 0 saturated carbocycles. The molecule has 2 aromatic carbocycles. The van der Waals surface area contributed by atoms with Gasteiger partial charge in [0.05, 0.1) is 18.6 Å². The summed E-state index contributed by atoms with van der Waals surface area (Å²) in [6.07, 6.45) is 1.38. The Morgan fingerprint density at radius 3 is 2.63 bits per heavy atom. The maximum absolute atomic E-state index is 14.7. The Morgan fingerprint density at radius 1 is 1.15 bits per heavy atom. The number of rotatable bonds is 6. The van der Waals surface area contributed by atoms with Crippen molar-refractivity contribution in [3.63, 3.8) is 0 Å². The number of nitrogens with two attached hydrogens (primary N) is 1. The van der Waals surface area contributed by atoms with E-state index < -0.39 is 23.5 Å². The highest BCUT2D eigenvalue weighted by Crippen LogP contribution is 2.35. The standard InChI is InChI=1S/C19H16F2N2O4/c1-2-26-17(24)8-12-11-5-6-23-16(11)9-15(21)18(12)27-10-3-4-14(20)13(7-10)19(22)25/h3-7,9,23H,2,8H2,1H3,(H2,22,25). The molecule has 0 unspecified atom stereocenters. The molecule has 0 radical (unpaired) electrons. The molecular weight excluding hydrogens is 358 g/mol. The Hall–Kier alpha value is -3.42. The van der Waals surface area contributed by atoms with Gasteiger partial charge in [-0.15, -0.1) is 0 Å². The van der Waals surface area contributed by atoms with Crippen LogP contribution in [0.15, 0.2) is 36.5 Å². The lowest BCUT2D eigenvalue weighted by Gasteiger charge is -2.14. The summed E-state index contributed by atoms with van der Waals surface area (Å²) in [4.78, 5) is 26.1. The van der Waals surface area contributed by atoms with Gasteiger partial charge < -0.3 is 20.2 Å². The average Bonchev–Trinajstić information content (AvgIpc) is 3.07. The first kappa shape index (κ1) is 18.4. The van der Waals surface area contributed by atoms with E-state index in [1.807, 2.05) is 0 Å². The molecule has 3 aromatic rings. The SMILES string of the molecule is CCOC(=O)Cc1c(Oc2ccc(F)c(C(N)=O)c2)c(F)cc2[nH]ccc12. The second kappa shape index (κ2) is 7.45. The Labute approximate surface area is 152 Å². The van der Waals surface area contributed by atoms with Gasteiger partial charge in [-0.25, -0.2) is 8.78 Å². The third-order valence-electron chi connectivity index (χ3n) is 3.92. The van der Waals surface area contributed by atoms with Crippen LogP contribution in [-0.2, 0) is 16.0 Å². The van der Waals surface area contributed by atoms with Crippen LogP contribution in [0.1, 0.15) is 22.8 Å². The third-order valence-corrected chi connectivity index (χ3v) is 3.92. The number of amides is 1. The van der Waals surface area contributed by atoms with Crippen molar-refractivity contribution in [2.24, 2.45) is 5.73 Å². The van der Waals surface area contributed by atoms with Gasteiger partial charge in [0, 0.05) is 28.7 Å². The van der Waals surface area contributed by atoms with Gasteiger partial charge in [0.15, 0.2) is 11.6 Å². The normalized spacial score (nSPS) is 10.8. The van der Waals surface area contributed by atoms with Crippen LogP contribution in [0.2, 0.25) is 0 Å². The molecule has 0 aliphatic rings. The molecule has 0 bridgehead atoms. The number of carbonyl (C=O) groups is 2. The molecule has 0 spiro atoms. The Morgan fingerprint density at radius 2 is 1.93 bits per heavy atom. The summed E-state index contributed by atoms with van der Waals surface area (Å²) in [6.45, 7) is 1.84. The zero-order valence-corrected chi connectivity index (χ0v) is 14.3. The van der Waals surface area contributed by atoms with Gasteiger partial charge in [-0.3, -0.25) is 9.59 Å². The van der Waals surface area contributed by atoms with Crippen molar-refractivity contribution in [3.8, 4) is 11.5 Å². The van der Waals surface area contributed by atoms with E-state index in [2.05, 4.69) is 4.98 Å². The molecule has 0 saturated heterocycles. The molecule has 6 nitrogen and oxygen atoms in total. The first-order valence-electron chi connectivity index (χ1n) is 8.12. The molecule has 8 heteroatoms. The quantitative estimate of drug-likeness (QED) is 0.646. The van der Waals surface area contributed by atoms with Crippen LogP contribution in [-0.4, -0.2) is 23.5 Å². The van der Waals surface area contributed by atoms with Gasteiger partial charge in [0.25, 0.3) is 5.91 Å². The van der Waals surface area contributed by atoms with Crippen molar-refractivity contribution in [1.82, 2.24) is 4.98 Å². The Bertz CT molecular complexity index is 1030. The number of aromatic amines is 1. The molecule has 3 rings (SSSR count). The molecule has 0 fully saturated rings. The van der Waals surface area contributed by atoms with Gasteiger partial charge in [0.2, 0.25) is 0 Å². The molecule has 1 amide bonds.